The molecule has 1 heterocycles. The number of likely N-dealkylation sites (tertiary alicyclic amines) is 1. The third-order valence-electron chi connectivity index (χ3n) is 4.83. The lowest BCUT2D eigenvalue weighted by atomic mass is 10.0. The fraction of sp³-hybridized carbons (Fsp3) is 0.550. The molecule has 7 heteroatoms. The first-order chi connectivity index (χ1) is 13.0. The summed E-state index contributed by atoms with van der Waals surface area (Å²) in [4.78, 5) is 6.53. The number of rotatable bonds is 7. The van der Waals surface area contributed by atoms with Crippen LogP contribution in [0.4, 0.5) is 0 Å². The van der Waals surface area contributed by atoms with Crippen LogP contribution in [-0.4, -0.2) is 69.1 Å². The maximum absolute atomic E-state index is 12.3. The van der Waals surface area contributed by atoms with Gasteiger partial charge in [-0.2, -0.15) is 0 Å². The van der Waals surface area contributed by atoms with Gasteiger partial charge in [-0.3, -0.25) is 4.99 Å². The fourth-order valence-electron chi connectivity index (χ4n) is 3.31. The van der Waals surface area contributed by atoms with E-state index in [1.54, 1.807) is 7.05 Å². The van der Waals surface area contributed by atoms with Crippen LogP contribution in [0.3, 0.4) is 0 Å². The monoisotopic (exact) mass is 392 g/mol. The normalized spacial score (nSPS) is 15.9. The third-order valence-corrected chi connectivity index (χ3v) is 6.85. The summed E-state index contributed by atoms with van der Waals surface area (Å²) in [5.41, 5.74) is 2.68. The minimum atomic E-state index is -3.21. The van der Waals surface area contributed by atoms with Crippen molar-refractivity contribution < 1.29 is 8.42 Å². The number of sulfonamides is 1. The summed E-state index contributed by atoms with van der Waals surface area (Å²) in [6.45, 7) is 6.90. The number of aliphatic imine (C=N–C) groups is 1. The molecule has 0 amide bonds. The Hall–Kier alpha value is -1.86. The predicted molar refractivity (Wildman–Crippen MR) is 113 cm³/mol. The van der Waals surface area contributed by atoms with Crippen molar-refractivity contribution in [3.63, 3.8) is 0 Å². The number of piperidine rings is 1. The highest BCUT2D eigenvalue weighted by molar-refractivity contribution is 7.89. The van der Waals surface area contributed by atoms with Crippen molar-refractivity contribution in [3.05, 3.63) is 41.5 Å². The zero-order chi connectivity index (χ0) is 19.7. The van der Waals surface area contributed by atoms with Crippen LogP contribution in [0.2, 0.25) is 0 Å². The molecule has 0 spiro atoms. The van der Waals surface area contributed by atoms with Gasteiger partial charge >= 0.3 is 0 Å². The first kappa shape index (κ1) is 21.4. The van der Waals surface area contributed by atoms with Gasteiger partial charge in [-0.15, -0.1) is 0 Å². The lowest BCUT2D eigenvalue weighted by molar-refractivity contribution is 0.376. The number of nitrogens with zero attached hydrogens (tertiary/aromatic N) is 3. The van der Waals surface area contributed by atoms with Gasteiger partial charge in [-0.1, -0.05) is 55.8 Å². The Morgan fingerprint density at radius 3 is 2.37 bits per heavy atom. The largest absolute Gasteiger partial charge is 0.355 e. The topological polar surface area (TPSA) is 65.0 Å². The van der Waals surface area contributed by atoms with Crippen LogP contribution in [-0.2, 0) is 10.0 Å². The van der Waals surface area contributed by atoms with E-state index < -0.39 is 10.0 Å². The van der Waals surface area contributed by atoms with Gasteiger partial charge in [0.2, 0.25) is 10.0 Å². The summed E-state index contributed by atoms with van der Waals surface area (Å²) in [5, 5.41) is 3.21. The Morgan fingerprint density at radius 1 is 1.19 bits per heavy atom. The molecule has 1 aliphatic rings. The number of nitrogens with one attached hydrogen (secondary N) is 1. The molecule has 0 atom stereocenters. The van der Waals surface area contributed by atoms with Crippen LogP contribution in [0.5, 0.6) is 0 Å². The van der Waals surface area contributed by atoms with Crippen molar-refractivity contribution in [3.8, 4) is 0 Å². The highest BCUT2D eigenvalue weighted by Gasteiger charge is 2.20. The Balaban J connectivity index is 1.84. The van der Waals surface area contributed by atoms with Crippen LogP contribution in [0.25, 0.3) is 6.08 Å². The molecular formula is C20H32N4O2S. The molecule has 1 aromatic carbocycles. The summed E-state index contributed by atoms with van der Waals surface area (Å²) in [6, 6.07) is 10.4. The van der Waals surface area contributed by atoms with E-state index in [0.29, 0.717) is 19.6 Å². The molecule has 2 rings (SSSR count). The van der Waals surface area contributed by atoms with E-state index >= 15 is 0 Å². The quantitative estimate of drug-likeness (QED) is 0.572. The van der Waals surface area contributed by atoms with Gasteiger partial charge in [0, 0.05) is 39.8 Å². The van der Waals surface area contributed by atoms with E-state index in [0.717, 1.165) is 31.9 Å². The Labute approximate surface area is 164 Å². The molecular weight excluding hydrogens is 360 g/mol. The zero-order valence-electron chi connectivity index (χ0n) is 16.7. The maximum atomic E-state index is 12.3. The minimum Gasteiger partial charge on any atom is -0.355 e. The van der Waals surface area contributed by atoms with Crippen molar-refractivity contribution in [2.75, 3.05) is 45.5 Å². The molecule has 27 heavy (non-hydrogen) atoms. The van der Waals surface area contributed by atoms with E-state index in [1.165, 1.54) is 15.4 Å². The molecule has 1 aliphatic heterocycles. The van der Waals surface area contributed by atoms with Gasteiger partial charge in [0.05, 0.1) is 5.75 Å². The standard InChI is InChI=1S/C20H32N4O2S/c1-4-24(5-2)27(25,26)16-13-22-20(21-3)23-14-11-19(12-15-23)17-18-9-7-6-8-10-18/h6-10,17H,4-5,11-16H2,1-3H3,(H,21,22). The first-order valence-electron chi connectivity index (χ1n) is 9.68. The van der Waals surface area contributed by atoms with Gasteiger partial charge in [0.15, 0.2) is 5.96 Å². The van der Waals surface area contributed by atoms with Gasteiger partial charge in [0.25, 0.3) is 0 Å². The van der Waals surface area contributed by atoms with Gasteiger partial charge in [-0.05, 0) is 18.4 Å². The van der Waals surface area contributed by atoms with E-state index in [4.69, 9.17) is 0 Å². The summed E-state index contributed by atoms with van der Waals surface area (Å²) in [6.07, 6.45) is 4.25. The van der Waals surface area contributed by atoms with Crippen molar-refractivity contribution in [2.45, 2.75) is 26.7 Å². The molecule has 0 aromatic heterocycles. The lowest BCUT2D eigenvalue weighted by Crippen LogP contribution is -2.46. The number of hydrogen-bond donors (Lipinski definition) is 1. The van der Waals surface area contributed by atoms with Crippen LogP contribution in [0, 0.1) is 0 Å². The molecule has 150 valence electrons. The Morgan fingerprint density at radius 2 is 1.81 bits per heavy atom. The average Bonchev–Trinajstić information content (AvgIpc) is 2.67. The van der Waals surface area contributed by atoms with Gasteiger partial charge in [-0.25, -0.2) is 12.7 Å². The summed E-state index contributed by atoms with van der Waals surface area (Å²) in [5.74, 6) is 0.865. The smallest absolute Gasteiger partial charge is 0.215 e. The Bertz CT molecular complexity index is 731. The second-order valence-corrected chi connectivity index (χ2v) is 8.66. The molecule has 0 saturated carbocycles. The molecule has 1 fully saturated rings. The average molecular weight is 393 g/mol. The SMILES string of the molecule is CCN(CC)S(=O)(=O)CCNC(=NC)N1CCC(=Cc2ccccc2)CC1. The van der Waals surface area contributed by atoms with Crippen LogP contribution in [0.15, 0.2) is 40.9 Å². The van der Waals surface area contributed by atoms with Crippen LogP contribution < -0.4 is 5.32 Å². The molecule has 1 saturated heterocycles. The van der Waals surface area contributed by atoms with Crippen LogP contribution >= 0.6 is 0 Å². The van der Waals surface area contributed by atoms with Crippen LogP contribution in [0.1, 0.15) is 32.3 Å². The van der Waals surface area contributed by atoms with Crippen molar-refractivity contribution in [1.82, 2.24) is 14.5 Å². The number of benzene rings is 1. The van der Waals surface area contributed by atoms with Gasteiger partial charge in [0.1, 0.15) is 0 Å². The molecule has 0 radical (unpaired) electrons. The predicted octanol–water partition coefficient (Wildman–Crippen LogP) is 2.41. The van der Waals surface area contributed by atoms with E-state index in [-0.39, 0.29) is 5.75 Å². The minimum absolute atomic E-state index is 0.0840. The Kier molecular flexibility index (Phi) is 8.31. The molecule has 1 N–H and O–H groups in total. The highest BCUT2D eigenvalue weighted by atomic mass is 32.2. The van der Waals surface area contributed by atoms with E-state index in [9.17, 15) is 8.42 Å². The van der Waals surface area contributed by atoms with Crippen molar-refractivity contribution >= 4 is 22.1 Å². The second kappa shape index (κ2) is 10.5. The molecule has 0 aliphatic carbocycles. The summed E-state index contributed by atoms with van der Waals surface area (Å²) >= 11 is 0. The number of guanidine groups is 1. The first-order valence-corrected chi connectivity index (χ1v) is 11.3. The maximum Gasteiger partial charge on any atom is 0.215 e. The molecule has 0 unspecified atom stereocenters. The van der Waals surface area contributed by atoms with E-state index in [1.807, 2.05) is 19.9 Å². The molecule has 0 bridgehead atoms. The highest BCUT2D eigenvalue weighted by Crippen LogP contribution is 2.19. The summed E-state index contributed by atoms with van der Waals surface area (Å²) < 4.78 is 26.1. The molecule has 6 nitrogen and oxygen atoms in total. The van der Waals surface area contributed by atoms with Crippen molar-refractivity contribution in [2.24, 2.45) is 4.99 Å². The van der Waals surface area contributed by atoms with Crippen molar-refractivity contribution in [1.29, 1.82) is 0 Å². The van der Waals surface area contributed by atoms with Gasteiger partial charge < -0.3 is 10.2 Å². The second-order valence-electron chi connectivity index (χ2n) is 6.57. The van der Waals surface area contributed by atoms with E-state index in [2.05, 4.69) is 45.6 Å². The fourth-order valence-corrected chi connectivity index (χ4v) is 4.71. The summed E-state index contributed by atoms with van der Waals surface area (Å²) in [7, 11) is -1.47. The third kappa shape index (κ3) is 6.36. The lowest BCUT2D eigenvalue weighted by Gasteiger charge is -2.31. The molecule has 1 aromatic rings. The number of hydrogen-bond acceptors (Lipinski definition) is 3. The zero-order valence-corrected chi connectivity index (χ0v) is 17.5.